The largest absolute Gasteiger partial charge is 0.340 e. The lowest BCUT2D eigenvalue weighted by atomic mass is 10.0. The molecule has 0 aromatic heterocycles. The highest BCUT2D eigenvalue weighted by Crippen LogP contribution is 2.28. The average Bonchev–Trinajstić information content (AvgIpc) is 3.10. The molecule has 1 saturated heterocycles. The summed E-state index contributed by atoms with van der Waals surface area (Å²) in [5, 5.41) is 0. The zero-order valence-corrected chi connectivity index (χ0v) is 14.8. The minimum Gasteiger partial charge on any atom is -0.340 e. The number of rotatable bonds is 4. The molecule has 8 heteroatoms. The second-order valence-electron chi connectivity index (χ2n) is 6.72. The molecule has 0 N–H and O–H groups in total. The summed E-state index contributed by atoms with van der Waals surface area (Å²) in [6.07, 6.45) is 5.08. The monoisotopic (exact) mass is 372 g/mol. The van der Waals surface area contributed by atoms with Gasteiger partial charge in [0.25, 0.3) is 0 Å². The summed E-state index contributed by atoms with van der Waals surface area (Å²) in [7, 11) is -3.88. The Morgan fingerprint density at radius 1 is 1.04 bits per heavy atom. The SMILES string of the molecule is O=C(CC1CCCC1)N1CCN(S(=O)(=O)c2ccc(F)c(F)c2)CC1. The number of sulfonamides is 1. The van der Waals surface area contributed by atoms with Gasteiger partial charge < -0.3 is 4.90 Å². The molecule has 2 aliphatic rings. The molecule has 1 aliphatic carbocycles. The van der Waals surface area contributed by atoms with Gasteiger partial charge in [0.2, 0.25) is 15.9 Å². The van der Waals surface area contributed by atoms with Crippen molar-refractivity contribution in [2.75, 3.05) is 26.2 Å². The van der Waals surface area contributed by atoms with E-state index < -0.39 is 21.7 Å². The minimum atomic E-state index is -3.88. The Hall–Kier alpha value is -1.54. The third kappa shape index (κ3) is 4.00. The fourth-order valence-electron chi connectivity index (χ4n) is 3.55. The van der Waals surface area contributed by atoms with Crippen LogP contribution >= 0.6 is 0 Å². The second-order valence-corrected chi connectivity index (χ2v) is 8.65. The molecule has 1 heterocycles. The fraction of sp³-hybridized carbons (Fsp3) is 0.588. The number of benzene rings is 1. The topological polar surface area (TPSA) is 57.7 Å². The predicted octanol–water partition coefficient (Wildman–Crippen LogP) is 2.38. The van der Waals surface area contributed by atoms with Crippen molar-refractivity contribution in [3.8, 4) is 0 Å². The van der Waals surface area contributed by atoms with E-state index in [0.717, 1.165) is 25.0 Å². The van der Waals surface area contributed by atoms with E-state index in [-0.39, 0.29) is 23.9 Å². The van der Waals surface area contributed by atoms with Crippen molar-refractivity contribution in [2.24, 2.45) is 5.92 Å². The number of hydrogen-bond acceptors (Lipinski definition) is 3. The molecular weight excluding hydrogens is 350 g/mol. The van der Waals surface area contributed by atoms with Gasteiger partial charge in [0.15, 0.2) is 11.6 Å². The summed E-state index contributed by atoms with van der Waals surface area (Å²) in [5.41, 5.74) is 0. The Bertz CT molecular complexity index is 740. The molecule has 0 bridgehead atoms. The number of hydrogen-bond donors (Lipinski definition) is 0. The Balaban J connectivity index is 1.60. The molecule has 0 radical (unpaired) electrons. The first-order chi connectivity index (χ1) is 11.9. The Kier molecular flexibility index (Phi) is 5.38. The smallest absolute Gasteiger partial charge is 0.243 e. The highest BCUT2D eigenvalue weighted by Gasteiger charge is 2.31. The van der Waals surface area contributed by atoms with Crippen molar-refractivity contribution in [1.82, 2.24) is 9.21 Å². The van der Waals surface area contributed by atoms with Crippen LogP contribution < -0.4 is 0 Å². The zero-order valence-electron chi connectivity index (χ0n) is 14.0. The van der Waals surface area contributed by atoms with Crippen molar-refractivity contribution < 1.29 is 22.0 Å². The van der Waals surface area contributed by atoms with Crippen molar-refractivity contribution in [2.45, 2.75) is 37.0 Å². The molecule has 1 amide bonds. The lowest BCUT2D eigenvalue weighted by molar-refractivity contribution is -0.133. The maximum atomic E-state index is 13.3. The van der Waals surface area contributed by atoms with Gasteiger partial charge in [-0.1, -0.05) is 12.8 Å². The maximum absolute atomic E-state index is 13.3. The van der Waals surface area contributed by atoms with E-state index in [2.05, 4.69) is 0 Å². The lowest BCUT2D eigenvalue weighted by Crippen LogP contribution is -2.50. The summed E-state index contributed by atoms with van der Waals surface area (Å²) >= 11 is 0. The van der Waals surface area contributed by atoms with Crippen LogP contribution in [0.2, 0.25) is 0 Å². The number of piperazine rings is 1. The van der Waals surface area contributed by atoms with Crippen LogP contribution in [0.4, 0.5) is 8.78 Å². The molecule has 2 fully saturated rings. The van der Waals surface area contributed by atoms with Gasteiger partial charge in [0.05, 0.1) is 4.90 Å². The molecule has 1 aromatic carbocycles. The number of carbonyl (C=O) groups excluding carboxylic acids is 1. The summed E-state index contributed by atoms with van der Waals surface area (Å²) < 4.78 is 52.6. The van der Waals surface area contributed by atoms with E-state index in [1.165, 1.54) is 17.1 Å². The third-order valence-electron chi connectivity index (χ3n) is 5.06. The van der Waals surface area contributed by atoms with Crippen molar-refractivity contribution in [3.63, 3.8) is 0 Å². The van der Waals surface area contributed by atoms with Crippen LogP contribution in [0.1, 0.15) is 32.1 Å². The number of carbonyl (C=O) groups is 1. The van der Waals surface area contributed by atoms with Crippen LogP contribution in [0.5, 0.6) is 0 Å². The molecule has 3 rings (SSSR count). The Morgan fingerprint density at radius 3 is 2.28 bits per heavy atom. The van der Waals surface area contributed by atoms with Crippen LogP contribution in [0.15, 0.2) is 23.1 Å². The molecule has 138 valence electrons. The molecule has 1 aromatic rings. The van der Waals surface area contributed by atoms with Gasteiger partial charge in [0, 0.05) is 32.6 Å². The standard InChI is InChI=1S/C17H22F2N2O3S/c18-15-6-5-14(12-16(15)19)25(23,24)21-9-7-20(8-10-21)17(22)11-13-3-1-2-4-13/h5-6,12-13H,1-4,7-11H2. The minimum absolute atomic E-state index is 0.0803. The first-order valence-corrected chi connectivity index (χ1v) is 10.0. The normalized spacial score (nSPS) is 20.2. The van der Waals surface area contributed by atoms with Gasteiger partial charge in [-0.15, -0.1) is 0 Å². The molecule has 5 nitrogen and oxygen atoms in total. The summed E-state index contributed by atoms with van der Waals surface area (Å²) in [4.78, 5) is 13.8. The van der Waals surface area contributed by atoms with Gasteiger partial charge in [-0.25, -0.2) is 17.2 Å². The summed E-state index contributed by atoms with van der Waals surface area (Å²) in [6.45, 7) is 0.985. The molecule has 1 saturated carbocycles. The highest BCUT2D eigenvalue weighted by molar-refractivity contribution is 7.89. The third-order valence-corrected chi connectivity index (χ3v) is 6.95. The van der Waals surface area contributed by atoms with Crippen LogP contribution in [0.25, 0.3) is 0 Å². The van der Waals surface area contributed by atoms with Crippen molar-refractivity contribution in [1.29, 1.82) is 0 Å². The number of nitrogens with zero attached hydrogens (tertiary/aromatic N) is 2. The average molecular weight is 372 g/mol. The van der Waals surface area contributed by atoms with Crippen LogP contribution in [0, 0.1) is 17.6 Å². The van der Waals surface area contributed by atoms with Crippen LogP contribution in [0.3, 0.4) is 0 Å². The Labute approximate surface area is 146 Å². The Morgan fingerprint density at radius 2 is 1.68 bits per heavy atom. The first-order valence-electron chi connectivity index (χ1n) is 8.61. The van der Waals surface area contributed by atoms with E-state index in [4.69, 9.17) is 0 Å². The van der Waals surface area contributed by atoms with E-state index in [1.807, 2.05) is 0 Å². The summed E-state index contributed by atoms with van der Waals surface area (Å²) in [5.74, 6) is -1.74. The second kappa shape index (κ2) is 7.37. The number of amides is 1. The van der Waals surface area contributed by atoms with Gasteiger partial charge in [-0.05, 0) is 37.0 Å². The van der Waals surface area contributed by atoms with Crippen molar-refractivity contribution in [3.05, 3.63) is 29.8 Å². The molecule has 25 heavy (non-hydrogen) atoms. The molecule has 0 atom stereocenters. The molecule has 0 spiro atoms. The van der Waals surface area contributed by atoms with Gasteiger partial charge >= 0.3 is 0 Å². The van der Waals surface area contributed by atoms with Gasteiger partial charge in [-0.2, -0.15) is 4.31 Å². The van der Waals surface area contributed by atoms with E-state index in [1.54, 1.807) is 4.90 Å². The molecule has 1 aliphatic heterocycles. The first kappa shape index (κ1) is 18.3. The highest BCUT2D eigenvalue weighted by atomic mass is 32.2. The van der Waals surface area contributed by atoms with E-state index in [0.29, 0.717) is 31.5 Å². The van der Waals surface area contributed by atoms with Gasteiger partial charge in [-0.3, -0.25) is 4.79 Å². The molecular formula is C17H22F2N2O3S. The quantitative estimate of drug-likeness (QED) is 0.815. The summed E-state index contributed by atoms with van der Waals surface area (Å²) in [6, 6.07) is 2.57. The van der Waals surface area contributed by atoms with E-state index >= 15 is 0 Å². The van der Waals surface area contributed by atoms with Crippen LogP contribution in [-0.4, -0.2) is 49.7 Å². The lowest BCUT2D eigenvalue weighted by Gasteiger charge is -2.34. The van der Waals surface area contributed by atoms with Gasteiger partial charge in [0.1, 0.15) is 0 Å². The number of halogens is 2. The van der Waals surface area contributed by atoms with E-state index in [9.17, 15) is 22.0 Å². The maximum Gasteiger partial charge on any atom is 0.243 e. The predicted molar refractivity (Wildman–Crippen MR) is 88.3 cm³/mol. The molecule has 0 unspecified atom stereocenters. The fourth-order valence-corrected chi connectivity index (χ4v) is 4.99. The zero-order chi connectivity index (χ0) is 18.0. The van der Waals surface area contributed by atoms with Crippen molar-refractivity contribution >= 4 is 15.9 Å². The van der Waals surface area contributed by atoms with Crippen LogP contribution in [-0.2, 0) is 14.8 Å².